The number of carbonyl (C=O) groups excluding carboxylic acids is 5. The van der Waals surface area contributed by atoms with Crippen molar-refractivity contribution in [1.82, 2.24) is 10.4 Å². The maximum atomic E-state index is 14.2. The highest BCUT2D eigenvalue weighted by Gasteiger charge is 2.52. The fraction of sp³-hybridized carbons (Fsp3) is 0.607. The SMILES string of the molecule is CCOC(=O)[C@H](CC(C)C)NP(=O)(OC[C@H]1OC(OC(C)=O)[C@@H](NC(C)=O)[C@@H](OC(C)=O)[C@@H]1OC(C)=O)Oc1ccccc1. The summed E-state index contributed by atoms with van der Waals surface area (Å²) in [6, 6.07) is 5.61. The molecule has 44 heavy (non-hydrogen) atoms. The molecular formula is C28H41N2O13P. The van der Waals surface area contributed by atoms with E-state index in [0.29, 0.717) is 0 Å². The molecule has 7 atom stereocenters. The summed E-state index contributed by atoms with van der Waals surface area (Å²) in [4.78, 5) is 60.9. The van der Waals surface area contributed by atoms with Crippen LogP contribution in [0.25, 0.3) is 0 Å². The van der Waals surface area contributed by atoms with Crippen molar-refractivity contribution in [3.05, 3.63) is 30.3 Å². The quantitative estimate of drug-likeness (QED) is 0.161. The Balaban J connectivity index is 2.51. The molecule has 0 radical (unpaired) electrons. The third-order valence-corrected chi connectivity index (χ3v) is 7.44. The second kappa shape index (κ2) is 17.1. The topological polar surface area (TPSA) is 191 Å². The van der Waals surface area contributed by atoms with Gasteiger partial charge in [-0.3, -0.25) is 28.5 Å². The van der Waals surface area contributed by atoms with E-state index in [2.05, 4.69) is 10.4 Å². The maximum Gasteiger partial charge on any atom is 0.459 e. The minimum absolute atomic E-state index is 0.0307. The molecule has 246 valence electrons. The van der Waals surface area contributed by atoms with Crippen molar-refractivity contribution in [2.45, 2.75) is 91.6 Å². The summed E-state index contributed by atoms with van der Waals surface area (Å²) in [5.41, 5.74) is 0. The van der Waals surface area contributed by atoms with Crippen LogP contribution in [-0.2, 0) is 56.7 Å². The second-order valence-corrected chi connectivity index (χ2v) is 12.0. The van der Waals surface area contributed by atoms with Crippen molar-refractivity contribution in [2.75, 3.05) is 13.2 Å². The molecule has 0 spiro atoms. The predicted molar refractivity (Wildman–Crippen MR) is 153 cm³/mol. The molecule has 0 bridgehead atoms. The first-order valence-corrected chi connectivity index (χ1v) is 15.6. The number of amides is 1. The third-order valence-electron chi connectivity index (χ3n) is 5.87. The van der Waals surface area contributed by atoms with Crippen molar-refractivity contribution >= 4 is 37.5 Å². The molecule has 1 saturated heterocycles. The smallest absolute Gasteiger partial charge is 0.459 e. The zero-order valence-electron chi connectivity index (χ0n) is 25.8. The Morgan fingerprint density at radius 1 is 0.909 bits per heavy atom. The average molecular weight is 645 g/mol. The van der Waals surface area contributed by atoms with E-state index >= 15 is 0 Å². The van der Waals surface area contributed by atoms with Crippen molar-refractivity contribution in [3.8, 4) is 5.75 Å². The lowest BCUT2D eigenvalue weighted by Crippen LogP contribution is -2.66. The van der Waals surface area contributed by atoms with Gasteiger partial charge in [0.15, 0.2) is 12.2 Å². The van der Waals surface area contributed by atoms with E-state index in [-0.39, 0.29) is 24.7 Å². The van der Waals surface area contributed by atoms with Crippen LogP contribution in [0.5, 0.6) is 5.75 Å². The minimum atomic E-state index is -4.45. The number of para-hydroxylation sites is 1. The van der Waals surface area contributed by atoms with Gasteiger partial charge >= 0.3 is 31.6 Å². The molecular weight excluding hydrogens is 603 g/mol. The zero-order valence-corrected chi connectivity index (χ0v) is 26.7. The van der Waals surface area contributed by atoms with Gasteiger partial charge in [-0.2, -0.15) is 5.09 Å². The molecule has 1 aliphatic rings. The number of carbonyl (C=O) groups is 5. The summed E-state index contributed by atoms with van der Waals surface area (Å²) in [6.07, 6.45) is -5.60. The summed E-state index contributed by atoms with van der Waals surface area (Å²) in [7, 11) is -4.45. The first kappa shape index (κ1) is 36.7. The molecule has 2 N–H and O–H groups in total. The number of rotatable bonds is 15. The third kappa shape index (κ3) is 11.9. The Morgan fingerprint density at radius 3 is 2.02 bits per heavy atom. The summed E-state index contributed by atoms with van der Waals surface area (Å²) in [5, 5.41) is 5.15. The van der Waals surface area contributed by atoms with E-state index in [1.54, 1.807) is 25.1 Å². The zero-order chi connectivity index (χ0) is 33.0. The van der Waals surface area contributed by atoms with Gasteiger partial charge in [-0.25, -0.2) is 4.57 Å². The van der Waals surface area contributed by atoms with Crippen LogP contribution < -0.4 is 14.9 Å². The van der Waals surface area contributed by atoms with Crippen LogP contribution >= 0.6 is 7.75 Å². The molecule has 1 heterocycles. The standard InChI is InChI=1S/C28H41N2O13P/c1-8-37-27(35)22(14-16(2)3)30-44(36,43-21-12-10-9-11-13-21)38-15-23-25(39-18(5)32)26(40-19(6)33)24(29-17(4)31)28(42-23)41-20(7)34/h9-13,16,22-26,28H,8,14-15H2,1-7H3,(H,29,31)(H,30,36)/t22-,23+,24-,25+,26+,28?,44?/m0/s1. The summed E-state index contributed by atoms with van der Waals surface area (Å²) >= 11 is 0. The van der Waals surface area contributed by atoms with Crippen LogP contribution in [0.3, 0.4) is 0 Å². The molecule has 0 saturated carbocycles. The Hall–Kier alpha value is -3.52. The van der Waals surface area contributed by atoms with Gasteiger partial charge in [0.2, 0.25) is 12.2 Å². The van der Waals surface area contributed by atoms with Gasteiger partial charge in [0.1, 0.15) is 23.9 Å². The predicted octanol–water partition coefficient (Wildman–Crippen LogP) is 2.41. The first-order chi connectivity index (χ1) is 20.6. The fourth-order valence-electron chi connectivity index (χ4n) is 4.34. The second-order valence-electron chi connectivity index (χ2n) is 10.3. The number of hydrogen-bond acceptors (Lipinski definition) is 13. The molecule has 0 aliphatic carbocycles. The Morgan fingerprint density at radius 2 is 1.50 bits per heavy atom. The number of esters is 4. The van der Waals surface area contributed by atoms with Gasteiger partial charge in [0.25, 0.3) is 0 Å². The average Bonchev–Trinajstić information content (AvgIpc) is 2.90. The minimum Gasteiger partial charge on any atom is -0.465 e. The van der Waals surface area contributed by atoms with Crippen LogP contribution in [0.15, 0.2) is 30.3 Å². The molecule has 2 rings (SSSR count). The summed E-state index contributed by atoms with van der Waals surface area (Å²) in [6.45, 7) is 9.20. The van der Waals surface area contributed by atoms with E-state index in [4.69, 9.17) is 32.7 Å². The maximum absolute atomic E-state index is 14.2. The summed E-state index contributed by atoms with van der Waals surface area (Å²) in [5.74, 6) is -3.59. The Kier molecular flexibility index (Phi) is 14.2. The Bertz CT molecular complexity index is 1200. The van der Waals surface area contributed by atoms with E-state index in [1.165, 1.54) is 19.1 Å². The highest BCUT2D eigenvalue weighted by Crippen LogP contribution is 2.46. The van der Waals surface area contributed by atoms with E-state index in [9.17, 15) is 28.5 Å². The normalized spacial score (nSPS) is 23.4. The van der Waals surface area contributed by atoms with Crippen molar-refractivity contribution < 1.29 is 61.3 Å². The monoisotopic (exact) mass is 644 g/mol. The van der Waals surface area contributed by atoms with Crippen LogP contribution in [0.1, 0.15) is 54.9 Å². The number of nitrogens with one attached hydrogen (secondary N) is 2. The van der Waals surface area contributed by atoms with E-state index in [1.807, 2.05) is 13.8 Å². The molecule has 0 aromatic heterocycles. The molecule has 2 unspecified atom stereocenters. The van der Waals surface area contributed by atoms with Gasteiger partial charge in [0, 0.05) is 27.7 Å². The number of benzene rings is 1. The number of ether oxygens (including phenoxy) is 5. The molecule has 1 fully saturated rings. The lowest BCUT2D eigenvalue weighted by molar-refractivity contribution is -0.268. The van der Waals surface area contributed by atoms with Crippen LogP contribution in [0.4, 0.5) is 0 Å². The summed E-state index contributed by atoms with van der Waals surface area (Å²) < 4.78 is 52.9. The molecule has 1 aliphatic heterocycles. The van der Waals surface area contributed by atoms with Crippen molar-refractivity contribution in [2.24, 2.45) is 5.92 Å². The van der Waals surface area contributed by atoms with E-state index in [0.717, 1.165) is 20.8 Å². The van der Waals surface area contributed by atoms with Crippen molar-refractivity contribution in [1.29, 1.82) is 0 Å². The fourth-order valence-corrected chi connectivity index (χ4v) is 5.86. The highest BCUT2D eigenvalue weighted by atomic mass is 31.2. The first-order valence-electron chi connectivity index (χ1n) is 14.0. The van der Waals surface area contributed by atoms with Gasteiger partial charge in [-0.15, -0.1) is 0 Å². The van der Waals surface area contributed by atoms with Crippen LogP contribution in [-0.4, -0.2) is 79.7 Å². The van der Waals surface area contributed by atoms with Gasteiger partial charge in [0.05, 0.1) is 13.2 Å². The van der Waals surface area contributed by atoms with Gasteiger partial charge in [-0.05, 0) is 31.4 Å². The lowest BCUT2D eigenvalue weighted by Gasteiger charge is -2.44. The number of hydrogen-bond donors (Lipinski definition) is 2. The molecule has 15 nitrogen and oxygen atoms in total. The van der Waals surface area contributed by atoms with E-state index < -0.39 is 80.8 Å². The van der Waals surface area contributed by atoms with Gasteiger partial charge < -0.3 is 33.5 Å². The van der Waals surface area contributed by atoms with Crippen molar-refractivity contribution in [3.63, 3.8) is 0 Å². The molecule has 1 aromatic carbocycles. The van der Waals surface area contributed by atoms with Gasteiger partial charge in [-0.1, -0.05) is 32.0 Å². The molecule has 16 heteroatoms. The molecule has 1 aromatic rings. The van der Waals surface area contributed by atoms with Crippen LogP contribution in [0.2, 0.25) is 0 Å². The van der Waals surface area contributed by atoms with Crippen LogP contribution in [0, 0.1) is 5.92 Å². The lowest BCUT2D eigenvalue weighted by atomic mass is 9.96. The highest BCUT2D eigenvalue weighted by molar-refractivity contribution is 7.52. The Labute approximate surface area is 256 Å². The molecule has 1 amide bonds. The largest absolute Gasteiger partial charge is 0.465 e.